The number of rotatable bonds is 7. The Morgan fingerprint density at radius 1 is 1.50 bits per heavy atom. The summed E-state index contributed by atoms with van der Waals surface area (Å²) in [5.74, 6) is 1.56. The van der Waals surface area contributed by atoms with Crippen molar-refractivity contribution in [1.29, 1.82) is 0 Å². The van der Waals surface area contributed by atoms with Crippen molar-refractivity contribution in [3.8, 4) is 5.75 Å². The third kappa shape index (κ3) is 3.45. The monoisotopic (exact) mass is 295 g/mol. The van der Waals surface area contributed by atoms with E-state index in [1.54, 1.807) is 18.9 Å². The number of thioether (sulfide) groups is 1. The molecule has 1 unspecified atom stereocenters. The highest BCUT2D eigenvalue weighted by Crippen LogP contribution is 2.25. The van der Waals surface area contributed by atoms with Gasteiger partial charge in [0.15, 0.2) is 5.16 Å². The van der Waals surface area contributed by atoms with E-state index in [1.807, 2.05) is 32.0 Å². The quantitative estimate of drug-likeness (QED) is 0.682. The smallest absolute Gasteiger partial charge is 0.166 e. The van der Waals surface area contributed by atoms with Gasteiger partial charge in [-0.25, -0.2) is 4.98 Å². The van der Waals surface area contributed by atoms with Crippen molar-refractivity contribution in [2.45, 2.75) is 24.5 Å². The predicted octanol–water partition coefficient (Wildman–Crippen LogP) is 2.02. The first kappa shape index (κ1) is 15.2. The number of nitrogens with zero attached hydrogens (tertiary/aromatic N) is 1. The highest BCUT2D eigenvalue weighted by atomic mass is 32.2. The zero-order chi connectivity index (χ0) is 14.6. The Morgan fingerprint density at radius 3 is 2.95 bits per heavy atom. The predicted molar refractivity (Wildman–Crippen MR) is 82.5 cm³/mol. The van der Waals surface area contributed by atoms with E-state index in [2.05, 4.69) is 15.3 Å². The molecule has 0 radical (unpaired) electrons. The van der Waals surface area contributed by atoms with Gasteiger partial charge in [0.2, 0.25) is 0 Å². The van der Waals surface area contributed by atoms with Gasteiger partial charge in [0.1, 0.15) is 5.75 Å². The number of aliphatic hydroxyl groups is 1. The molecule has 0 aliphatic rings. The molecule has 1 aromatic carbocycles. The molecule has 0 aliphatic heterocycles. The molecule has 1 atom stereocenters. The molecule has 2 aromatic rings. The molecule has 0 bridgehead atoms. The normalized spacial score (nSPS) is 14.4. The molecule has 5 nitrogen and oxygen atoms in total. The van der Waals surface area contributed by atoms with Gasteiger partial charge < -0.3 is 20.1 Å². The number of imidazole rings is 1. The second-order valence-electron chi connectivity index (χ2n) is 4.96. The van der Waals surface area contributed by atoms with Gasteiger partial charge in [-0.2, -0.15) is 0 Å². The summed E-state index contributed by atoms with van der Waals surface area (Å²) in [4.78, 5) is 7.80. The summed E-state index contributed by atoms with van der Waals surface area (Å²) in [6.45, 7) is 4.97. The van der Waals surface area contributed by atoms with Crippen LogP contribution in [0.15, 0.2) is 23.4 Å². The van der Waals surface area contributed by atoms with Crippen LogP contribution in [-0.4, -0.2) is 46.6 Å². The van der Waals surface area contributed by atoms with Crippen molar-refractivity contribution in [2.24, 2.45) is 0 Å². The highest BCUT2D eigenvalue weighted by Gasteiger charge is 2.22. The number of likely N-dealkylation sites (N-methyl/N-ethyl adjacent to an activating group) is 1. The van der Waals surface area contributed by atoms with Crippen LogP contribution in [0.1, 0.15) is 13.8 Å². The molecule has 1 heterocycles. The standard InChI is InChI=1S/C14H21N3O2S/c1-4-15-14(2,8-18)9-20-13-16-11-6-5-10(19-3)7-12(11)17-13/h5-7,15,18H,4,8-9H2,1-3H3,(H,16,17). The first-order valence-electron chi connectivity index (χ1n) is 6.62. The number of ether oxygens (including phenoxy) is 1. The summed E-state index contributed by atoms with van der Waals surface area (Å²) in [7, 11) is 1.65. The minimum Gasteiger partial charge on any atom is -0.497 e. The van der Waals surface area contributed by atoms with E-state index >= 15 is 0 Å². The van der Waals surface area contributed by atoms with E-state index < -0.39 is 0 Å². The fraction of sp³-hybridized carbons (Fsp3) is 0.500. The van der Waals surface area contributed by atoms with Gasteiger partial charge in [0.05, 0.1) is 24.8 Å². The Kier molecular flexibility index (Phi) is 4.91. The lowest BCUT2D eigenvalue weighted by Gasteiger charge is -2.27. The van der Waals surface area contributed by atoms with Crippen molar-refractivity contribution in [1.82, 2.24) is 15.3 Å². The number of methoxy groups -OCH3 is 1. The summed E-state index contributed by atoms with van der Waals surface area (Å²) < 4.78 is 5.20. The van der Waals surface area contributed by atoms with Gasteiger partial charge in [-0.05, 0) is 25.6 Å². The van der Waals surface area contributed by atoms with Gasteiger partial charge in [0.25, 0.3) is 0 Å². The molecule has 6 heteroatoms. The maximum absolute atomic E-state index is 9.48. The van der Waals surface area contributed by atoms with Crippen molar-refractivity contribution in [2.75, 3.05) is 26.0 Å². The van der Waals surface area contributed by atoms with Gasteiger partial charge in [-0.1, -0.05) is 18.7 Å². The zero-order valence-corrected chi connectivity index (χ0v) is 12.9. The van der Waals surface area contributed by atoms with Crippen LogP contribution in [0.3, 0.4) is 0 Å². The van der Waals surface area contributed by atoms with Crippen LogP contribution in [0.4, 0.5) is 0 Å². The molecule has 20 heavy (non-hydrogen) atoms. The van der Waals surface area contributed by atoms with Crippen molar-refractivity contribution < 1.29 is 9.84 Å². The first-order valence-corrected chi connectivity index (χ1v) is 7.61. The number of H-pyrrole nitrogens is 1. The van der Waals surface area contributed by atoms with Crippen LogP contribution >= 0.6 is 11.8 Å². The number of hydrogen-bond donors (Lipinski definition) is 3. The minimum atomic E-state index is -0.296. The van der Waals surface area contributed by atoms with Gasteiger partial charge in [0, 0.05) is 17.4 Å². The number of nitrogens with one attached hydrogen (secondary N) is 2. The van der Waals surface area contributed by atoms with E-state index in [9.17, 15) is 5.11 Å². The Bertz CT molecular complexity index is 573. The SMILES string of the molecule is CCNC(C)(CO)CSc1nc2ccc(OC)cc2[nH]1. The number of benzene rings is 1. The molecule has 110 valence electrons. The van der Waals surface area contributed by atoms with E-state index in [0.717, 1.165) is 34.2 Å². The van der Waals surface area contributed by atoms with Crippen LogP contribution in [-0.2, 0) is 0 Å². The van der Waals surface area contributed by atoms with Crippen molar-refractivity contribution in [3.63, 3.8) is 0 Å². The molecule has 0 amide bonds. The largest absolute Gasteiger partial charge is 0.497 e. The first-order chi connectivity index (χ1) is 9.60. The van der Waals surface area contributed by atoms with Crippen LogP contribution in [0.2, 0.25) is 0 Å². The third-order valence-corrected chi connectivity index (χ3v) is 4.40. The molecule has 0 fully saturated rings. The van der Waals surface area contributed by atoms with Crippen molar-refractivity contribution >= 4 is 22.8 Å². The fourth-order valence-electron chi connectivity index (χ4n) is 1.97. The van der Waals surface area contributed by atoms with Gasteiger partial charge in [-0.15, -0.1) is 0 Å². The van der Waals surface area contributed by atoms with E-state index in [4.69, 9.17) is 4.74 Å². The number of hydrogen-bond acceptors (Lipinski definition) is 5. The fourth-order valence-corrected chi connectivity index (χ4v) is 2.96. The van der Waals surface area contributed by atoms with Crippen LogP contribution in [0.25, 0.3) is 11.0 Å². The second-order valence-corrected chi connectivity index (χ2v) is 5.93. The Balaban J connectivity index is 2.10. The third-order valence-electron chi connectivity index (χ3n) is 3.15. The van der Waals surface area contributed by atoms with Gasteiger partial charge >= 0.3 is 0 Å². The van der Waals surface area contributed by atoms with Gasteiger partial charge in [-0.3, -0.25) is 0 Å². The summed E-state index contributed by atoms with van der Waals surface area (Å²) in [6, 6.07) is 5.76. The Hall–Kier alpha value is -1.24. The van der Waals surface area contributed by atoms with E-state index in [1.165, 1.54) is 0 Å². The molecular weight excluding hydrogens is 274 g/mol. The Morgan fingerprint density at radius 2 is 2.30 bits per heavy atom. The Labute approximate surface area is 123 Å². The molecule has 3 N–H and O–H groups in total. The average molecular weight is 295 g/mol. The second kappa shape index (κ2) is 6.47. The maximum Gasteiger partial charge on any atom is 0.166 e. The topological polar surface area (TPSA) is 70.2 Å². The minimum absolute atomic E-state index is 0.0991. The van der Waals surface area contributed by atoms with E-state index in [0.29, 0.717) is 0 Å². The molecule has 1 aromatic heterocycles. The lowest BCUT2D eigenvalue weighted by atomic mass is 10.1. The molecular formula is C14H21N3O2S. The van der Waals surface area contributed by atoms with Crippen molar-refractivity contribution in [3.05, 3.63) is 18.2 Å². The lowest BCUT2D eigenvalue weighted by Crippen LogP contribution is -2.47. The number of aromatic amines is 1. The number of aromatic nitrogens is 2. The summed E-state index contributed by atoms with van der Waals surface area (Å²) in [5, 5.41) is 13.6. The maximum atomic E-state index is 9.48. The van der Waals surface area contributed by atoms with Crippen LogP contribution in [0.5, 0.6) is 5.75 Å². The molecule has 0 saturated carbocycles. The molecule has 0 spiro atoms. The number of aliphatic hydroxyl groups excluding tert-OH is 1. The molecule has 0 saturated heterocycles. The highest BCUT2D eigenvalue weighted by molar-refractivity contribution is 7.99. The van der Waals surface area contributed by atoms with Crippen LogP contribution in [0, 0.1) is 0 Å². The average Bonchev–Trinajstić information content (AvgIpc) is 2.87. The zero-order valence-electron chi connectivity index (χ0n) is 12.1. The summed E-state index contributed by atoms with van der Waals surface area (Å²) in [5.41, 5.74) is 1.58. The molecule has 2 rings (SSSR count). The summed E-state index contributed by atoms with van der Waals surface area (Å²) in [6.07, 6.45) is 0. The van der Waals surface area contributed by atoms with E-state index in [-0.39, 0.29) is 12.1 Å². The number of fused-ring (bicyclic) bond motifs is 1. The van der Waals surface area contributed by atoms with Crippen LogP contribution < -0.4 is 10.1 Å². The molecule has 0 aliphatic carbocycles. The lowest BCUT2D eigenvalue weighted by molar-refractivity contribution is 0.194. The summed E-state index contributed by atoms with van der Waals surface area (Å²) >= 11 is 1.60.